The van der Waals surface area contributed by atoms with Gasteiger partial charge in [0, 0.05) is 0 Å². The minimum Gasteiger partial charge on any atom is -0.478 e. The summed E-state index contributed by atoms with van der Waals surface area (Å²) >= 11 is 0. The molecule has 0 bridgehead atoms. The van der Waals surface area contributed by atoms with E-state index in [2.05, 4.69) is 31.6 Å². The molecule has 3 rings (SSSR count). The first-order chi connectivity index (χ1) is 16.0. The van der Waals surface area contributed by atoms with Gasteiger partial charge in [-0.2, -0.15) is 0 Å². The maximum Gasteiger partial charge on any atom is 0.412 e. The van der Waals surface area contributed by atoms with Crippen LogP contribution in [0.5, 0.6) is 0 Å². The Morgan fingerprint density at radius 3 is 1.32 bits per heavy atom. The molecule has 34 heavy (non-hydrogen) atoms. The number of carboxylic acid groups (broad SMARTS) is 2. The highest BCUT2D eigenvalue weighted by atomic mass is 16.6. The zero-order chi connectivity index (χ0) is 25.7. The van der Waals surface area contributed by atoms with Crippen LogP contribution >= 0.6 is 0 Å². The fraction of sp³-hybridized carbons (Fsp3) is 0.400. The van der Waals surface area contributed by atoms with Gasteiger partial charge in [-0.15, -0.1) is 0 Å². The third kappa shape index (κ3) is 10.1. The third-order valence-electron chi connectivity index (χ3n) is 4.48. The Bertz CT molecular complexity index is 835. The summed E-state index contributed by atoms with van der Waals surface area (Å²) in [5.41, 5.74) is 8.92. The molecule has 0 saturated carbocycles. The van der Waals surface area contributed by atoms with Gasteiger partial charge in [-0.05, 0) is 50.9 Å². The summed E-state index contributed by atoms with van der Waals surface area (Å²) in [6.45, 7) is 1.58. The maximum atomic E-state index is 10.9. The lowest BCUT2D eigenvalue weighted by atomic mass is 10.1. The molecule has 0 unspecified atom stereocenters. The predicted octanol–water partition coefficient (Wildman–Crippen LogP) is -0.196. The van der Waals surface area contributed by atoms with Gasteiger partial charge in [0.2, 0.25) is 0 Å². The minimum atomic E-state index is -1.23. The molecule has 0 aliphatic carbocycles. The number of amides is 2. The van der Waals surface area contributed by atoms with E-state index in [1.54, 1.807) is 0 Å². The molecule has 2 atom stereocenters. The molecule has 14 heteroatoms. The molecule has 2 aliphatic heterocycles. The number of nitrogens with two attached hydrogens (primary N) is 2. The highest BCUT2D eigenvalue weighted by molar-refractivity contribution is 6.01. The summed E-state index contributed by atoms with van der Waals surface area (Å²) in [6.07, 6.45) is 1.21. The van der Waals surface area contributed by atoms with Gasteiger partial charge < -0.3 is 41.8 Å². The number of aromatic carboxylic acids is 2. The molecule has 2 saturated heterocycles. The van der Waals surface area contributed by atoms with Gasteiger partial charge in [-0.3, -0.25) is 0 Å². The lowest BCUT2D eigenvalue weighted by Crippen LogP contribution is -2.35. The SMILES string of the molecule is NC(=O)OC(=O)[C@@H]1CCCN1.NC(=O)OC(=O)[C@@H]1CCCN1.O=C(O)c1ccccc1C(=O)O. The number of hydrogen-bond donors (Lipinski definition) is 6. The van der Waals surface area contributed by atoms with E-state index in [4.69, 9.17) is 10.2 Å². The molecule has 2 aliphatic rings. The van der Waals surface area contributed by atoms with Gasteiger partial charge >= 0.3 is 36.1 Å². The molecule has 1 aromatic carbocycles. The van der Waals surface area contributed by atoms with Crippen molar-refractivity contribution in [2.24, 2.45) is 11.5 Å². The number of hydrogen-bond acceptors (Lipinski definition) is 10. The summed E-state index contributed by atoms with van der Waals surface area (Å²) in [4.78, 5) is 62.9. The van der Waals surface area contributed by atoms with Crippen LogP contribution in [-0.2, 0) is 19.1 Å². The van der Waals surface area contributed by atoms with Crippen LogP contribution < -0.4 is 22.1 Å². The minimum absolute atomic E-state index is 0.190. The van der Waals surface area contributed by atoms with Crippen molar-refractivity contribution in [2.45, 2.75) is 37.8 Å². The molecule has 0 radical (unpaired) electrons. The molecule has 2 fully saturated rings. The van der Waals surface area contributed by atoms with Crippen LogP contribution in [0.2, 0.25) is 0 Å². The van der Waals surface area contributed by atoms with Gasteiger partial charge in [0.05, 0.1) is 11.1 Å². The van der Waals surface area contributed by atoms with E-state index in [9.17, 15) is 28.8 Å². The molecule has 2 amide bonds. The number of primary amides is 2. The summed E-state index contributed by atoms with van der Waals surface area (Å²) in [7, 11) is 0. The van der Waals surface area contributed by atoms with E-state index in [-0.39, 0.29) is 23.2 Å². The van der Waals surface area contributed by atoms with Crippen molar-refractivity contribution in [1.82, 2.24) is 10.6 Å². The number of carbonyl (C=O) groups excluding carboxylic acids is 4. The van der Waals surface area contributed by atoms with Gasteiger partial charge in [0.1, 0.15) is 12.1 Å². The fourth-order valence-electron chi connectivity index (χ4n) is 2.97. The Morgan fingerprint density at radius 2 is 1.09 bits per heavy atom. The van der Waals surface area contributed by atoms with Crippen molar-refractivity contribution in [3.05, 3.63) is 35.4 Å². The lowest BCUT2D eigenvalue weighted by molar-refractivity contribution is -0.140. The Balaban J connectivity index is 0.000000255. The molecular weight excluding hydrogens is 456 g/mol. The van der Waals surface area contributed by atoms with Crippen molar-refractivity contribution in [2.75, 3.05) is 13.1 Å². The number of benzene rings is 1. The van der Waals surface area contributed by atoms with Crippen LogP contribution in [0.1, 0.15) is 46.4 Å². The molecule has 2 heterocycles. The first kappa shape index (κ1) is 28.0. The number of ether oxygens (including phenoxy) is 2. The molecule has 8 N–H and O–H groups in total. The van der Waals surface area contributed by atoms with Gasteiger partial charge in [0.15, 0.2) is 0 Å². The number of carboxylic acids is 2. The zero-order valence-corrected chi connectivity index (χ0v) is 18.0. The Kier molecular flexibility index (Phi) is 11.7. The molecular formula is C20H26N4O10. The second-order valence-electron chi connectivity index (χ2n) is 6.93. The van der Waals surface area contributed by atoms with E-state index in [0.29, 0.717) is 12.8 Å². The van der Waals surface area contributed by atoms with E-state index in [0.717, 1.165) is 25.9 Å². The third-order valence-corrected chi connectivity index (χ3v) is 4.48. The Morgan fingerprint density at radius 1 is 0.735 bits per heavy atom. The normalized spacial score (nSPS) is 18.2. The van der Waals surface area contributed by atoms with Crippen molar-refractivity contribution >= 4 is 36.1 Å². The molecule has 186 valence electrons. The highest BCUT2D eigenvalue weighted by Crippen LogP contribution is 2.08. The van der Waals surface area contributed by atoms with Crippen LogP contribution in [-0.4, -0.2) is 71.4 Å². The van der Waals surface area contributed by atoms with Crippen molar-refractivity contribution in [3.63, 3.8) is 0 Å². The number of esters is 2. The fourth-order valence-corrected chi connectivity index (χ4v) is 2.97. The summed E-state index contributed by atoms with van der Waals surface area (Å²) in [5.74, 6) is -3.61. The van der Waals surface area contributed by atoms with Crippen molar-refractivity contribution in [1.29, 1.82) is 0 Å². The standard InChI is InChI=1S/C8H6O4.2C6H10N2O3/c9-7(10)5-3-1-2-4-6(5)8(11)12;2*7-6(10)11-5(9)4-2-1-3-8-4/h1-4H,(H,9,10)(H,11,12);2*4,8H,1-3H2,(H2,7,10)/t;2*4-/m.00/s1. The Hall–Kier alpha value is -4.04. The van der Waals surface area contributed by atoms with Crippen molar-refractivity contribution < 1.29 is 48.5 Å². The number of nitrogens with one attached hydrogen (secondary N) is 2. The van der Waals surface area contributed by atoms with Gasteiger partial charge in [0.25, 0.3) is 0 Å². The Labute approximate surface area is 193 Å². The second-order valence-corrected chi connectivity index (χ2v) is 6.93. The summed E-state index contributed by atoms with van der Waals surface area (Å²) < 4.78 is 8.34. The van der Waals surface area contributed by atoms with Crippen LogP contribution in [0.4, 0.5) is 9.59 Å². The second kappa shape index (κ2) is 14.2. The number of rotatable bonds is 4. The molecule has 0 aromatic heterocycles. The monoisotopic (exact) mass is 482 g/mol. The van der Waals surface area contributed by atoms with Crippen LogP contribution in [0.15, 0.2) is 24.3 Å². The topological polar surface area (TPSA) is 237 Å². The van der Waals surface area contributed by atoms with Gasteiger partial charge in [-0.1, -0.05) is 12.1 Å². The summed E-state index contributed by atoms with van der Waals surface area (Å²) in [6, 6.07) is 4.79. The predicted molar refractivity (Wildman–Crippen MR) is 114 cm³/mol. The molecule has 14 nitrogen and oxygen atoms in total. The molecule has 1 aromatic rings. The van der Waals surface area contributed by atoms with Crippen molar-refractivity contribution in [3.8, 4) is 0 Å². The van der Waals surface area contributed by atoms with Gasteiger partial charge in [-0.25, -0.2) is 28.8 Å². The average Bonchev–Trinajstić information content (AvgIpc) is 3.48. The van der Waals surface area contributed by atoms with E-state index >= 15 is 0 Å². The van der Waals surface area contributed by atoms with E-state index in [1.807, 2.05) is 0 Å². The first-order valence-electron chi connectivity index (χ1n) is 10.1. The van der Waals surface area contributed by atoms with Crippen LogP contribution in [0.3, 0.4) is 0 Å². The molecule has 0 spiro atoms. The lowest BCUT2D eigenvalue weighted by Gasteiger charge is -2.05. The maximum absolute atomic E-state index is 10.9. The largest absolute Gasteiger partial charge is 0.478 e. The first-order valence-corrected chi connectivity index (χ1v) is 10.1. The highest BCUT2D eigenvalue weighted by Gasteiger charge is 2.25. The number of carbonyl (C=O) groups is 6. The quantitative estimate of drug-likeness (QED) is 0.242. The average molecular weight is 482 g/mol. The van der Waals surface area contributed by atoms with E-state index < -0.39 is 36.1 Å². The van der Waals surface area contributed by atoms with E-state index in [1.165, 1.54) is 24.3 Å². The zero-order valence-electron chi connectivity index (χ0n) is 18.0. The summed E-state index contributed by atoms with van der Waals surface area (Å²) in [5, 5.41) is 22.9. The smallest absolute Gasteiger partial charge is 0.412 e. The van der Waals surface area contributed by atoms with Crippen LogP contribution in [0, 0.1) is 0 Å². The van der Waals surface area contributed by atoms with Crippen LogP contribution in [0.25, 0.3) is 0 Å².